The highest BCUT2D eigenvalue weighted by Crippen LogP contribution is 2.38. The van der Waals surface area contributed by atoms with E-state index in [4.69, 9.17) is 72.9 Å². The van der Waals surface area contributed by atoms with Gasteiger partial charge in [-0.25, -0.2) is 0 Å². The van der Waals surface area contributed by atoms with Crippen molar-refractivity contribution >= 4 is 87.4 Å². The number of ether oxygens (including phenoxy) is 9. The first-order valence-corrected chi connectivity index (χ1v) is 21.5. The van der Waals surface area contributed by atoms with Gasteiger partial charge in [0.05, 0.1) is 24.4 Å². The molecule has 0 aliphatic carbocycles. The molecule has 8 heterocycles. The third kappa shape index (κ3) is 7.55. The normalized spacial score (nSPS) is 48.6. The summed E-state index contributed by atoms with van der Waals surface area (Å²) in [7, 11) is 2.59. The van der Waals surface area contributed by atoms with Crippen LogP contribution in [0.3, 0.4) is 0 Å². The molecule has 19 atom stereocenters. The molecule has 0 aromatic rings. The lowest BCUT2D eigenvalue weighted by atomic mass is 9.96. The van der Waals surface area contributed by atoms with E-state index in [0.717, 1.165) is 0 Å². The zero-order chi connectivity index (χ0) is 37.8. The number of aliphatic hydroxyl groups excluding tert-OH is 3. The molecule has 0 aromatic carbocycles. The van der Waals surface area contributed by atoms with Crippen LogP contribution in [-0.2, 0) is 92.1 Å². The van der Waals surface area contributed by atoms with Gasteiger partial charge in [-0.15, -0.1) is 0 Å². The first-order valence-electron chi connectivity index (χ1n) is 16.9. The molecule has 8 bridgehead atoms. The maximum atomic E-state index is 13.2. The molecule has 0 radical (unpaired) electrons. The Morgan fingerprint density at radius 3 is 1.43 bits per heavy atom. The average molecular weight is 838 g/mol. The number of carbonyl (C=O) groups is 4. The van der Waals surface area contributed by atoms with Gasteiger partial charge in [-0.1, -0.05) is 0 Å². The highest BCUT2D eigenvalue weighted by atomic mass is 27.2. The van der Waals surface area contributed by atoms with E-state index in [1.807, 2.05) is 0 Å². The molecule has 8 aliphatic heterocycles. The third-order valence-corrected chi connectivity index (χ3v) is 13.9. The van der Waals surface area contributed by atoms with Gasteiger partial charge in [0.25, 0.3) is 0 Å². The fourth-order valence-electron chi connectivity index (χ4n) is 7.52. The Labute approximate surface area is 330 Å². The Morgan fingerprint density at radius 1 is 0.500 bits per heavy atom. The van der Waals surface area contributed by atoms with E-state index in [2.05, 4.69) is 0 Å². The summed E-state index contributed by atoms with van der Waals surface area (Å²) in [4.78, 5) is 51.7. The van der Waals surface area contributed by atoms with Crippen molar-refractivity contribution in [3.8, 4) is 0 Å². The van der Waals surface area contributed by atoms with Crippen molar-refractivity contribution in [1.82, 2.24) is 0 Å². The molecule has 0 spiro atoms. The van der Waals surface area contributed by atoms with Gasteiger partial charge in [-0.2, -0.15) is 0 Å². The molecule has 54 heavy (non-hydrogen) atoms. The fourth-order valence-corrected chi connectivity index (χ4v) is 11.0. The molecule has 8 rings (SSSR count). The minimum Gasteiger partial charge on any atom is -0.596 e. The Kier molecular flexibility index (Phi) is 12.6. The first-order chi connectivity index (χ1) is 26.1. The predicted octanol–water partition coefficient (Wildman–Crippen LogP) is -7.99. The summed E-state index contributed by atoms with van der Waals surface area (Å²) in [6, 6.07) is 0. The maximum Gasteiger partial charge on any atom is 0.742 e. The molecule has 24 nitrogen and oxygen atoms in total. The molecule has 294 valence electrons. The Morgan fingerprint density at radius 2 is 0.907 bits per heavy atom. The monoisotopic (exact) mass is 838 g/mol. The summed E-state index contributed by atoms with van der Waals surface area (Å²) in [6.07, 6.45) is -25.8. The second kappa shape index (κ2) is 16.9. The smallest absolute Gasteiger partial charge is 0.596 e. The second-order valence-electron chi connectivity index (χ2n) is 13.1. The van der Waals surface area contributed by atoms with Gasteiger partial charge >= 0.3 is 87.4 Å². The molecule has 0 saturated carbocycles. The van der Waals surface area contributed by atoms with Gasteiger partial charge in [0, 0.05) is 20.6 Å². The van der Waals surface area contributed by atoms with Crippen LogP contribution >= 0.6 is 0 Å². The van der Waals surface area contributed by atoms with E-state index in [9.17, 15) is 34.5 Å². The van der Waals surface area contributed by atoms with Gasteiger partial charge in [-0.3, -0.25) is 19.2 Å². The topological polar surface area (TPSA) is 286 Å². The first kappa shape index (κ1) is 40.2. The van der Waals surface area contributed by atoms with Gasteiger partial charge in [0.1, 0.15) is 42.7 Å². The average Bonchev–Trinajstić information content (AvgIpc) is 3.45. The molecule has 28 heteroatoms. The van der Waals surface area contributed by atoms with E-state index >= 15 is 0 Å². The Hall–Kier alpha value is -0.630. The van der Waals surface area contributed by atoms with Crippen LogP contribution in [0.25, 0.3) is 0 Å². The van der Waals surface area contributed by atoms with Crippen molar-refractivity contribution in [2.45, 2.75) is 123 Å². The van der Waals surface area contributed by atoms with E-state index in [1.165, 1.54) is 14.2 Å². The minimum absolute atomic E-state index is 0.112. The lowest BCUT2D eigenvalue weighted by Crippen LogP contribution is -2.66. The molecule has 8 saturated heterocycles. The molecule has 7 unspecified atom stereocenters. The van der Waals surface area contributed by atoms with E-state index < -0.39 is 204 Å². The van der Waals surface area contributed by atoms with Crippen LogP contribution in [0.15, 0.2) is 0 Å². The molecule has 0 aromatic heterocycles. The summed E-state index contributed by atoms with van der Waals surface area (Å²) >= 11 is -7.69. The minimum atomic E-state index is -2.05. The quantitative estimate of drug-likeness (QED) is 0.151. The van der Waals surface area contributed by atoms with Crippen LogP contribution in [0.2, 0.25) is 0 Å². The maximum absolute atomic E-state index is 13.2. The Balaban J connectivity index is 0.985. The van der Waals surface area contributed by atoms with Crippen LogP contribution in [0, 0.1) is 0 Å². The van der Waals surface area contributed by atoms with Gasteiger partial charge < -0.3 is 88.3 Å². The third-order valence-electron chi connectivity index (χ3n) is 10.1. The van der Waals surface area contributed by atoms with Gasteiger partial charge in [0.2, 0.25) is 0 Å². The second-order valence-corrected chi connectivity index (χ2v) is 16.6. The number of carbonyl (C=O) groups excluding carboxylic acids is 4. The largest absolute Gasteiger partial charge is 0.742 e. The number of rotatable bonds is 8. The number of hydrogen-bond acceptors (Lipinski definition) is 24. The SMILES string of the molecule is CO[C@@H]1O[C@H]2C(=O)[O][AlH][O]C(C1O)[C@@H]2O[C@@H]1C[C@@H]2[O][AlH][O]C(=O)C(O1)[C@@H]2O[C@@H]1O[C@H]2C(=O)[O][AlH][O]C(C1O)[C@@H]2O[C@H]1OC2C(=O)[O][AlH][O][C@@H](C1O)[C@H]2OC. The van der Waals surface area contributed by atoms with Crippen molar-refractivity contribution in [3.63, 3.8) is 0 Å². The van der Waals surface area contributed by atoms with Gasteiger partial charge in [0.15, 0.2) is 49.6 Å². The number of aliphatic hydroxyl groups is 3. The number of hydrogen-bond donors (Lipinski definition) is 3. The number of fused-ring (bicyclic) bond motifs is 8. The molecule has 0 amide bonds. The summed E-state index contributed by atoms with van der Waals surface area (Å²) in [5, 5.41) is 33.5. The van der Waals surface area contributed by atoms with Crippen molar-refractivity contribution in [1.29, 1.82) is 0 Å². The van der Waals surface area contributed by atoms with Gasteiger partial charge in [-0.05, 0) is 0 Å². The zero-order valence-electron chi connectivity index (χ0n) is 28.4. The summed E-state index contributed by atoms with van der Waals surface area (Å²) in [6.45, 7) is 0. The predicted molar refractivity (Wildman–Crippen MR) is 162 cm³/mol. The Bertz CT molecular complexity index is 1430. The molecule has 8 fully saturated rings. The zero-order valence-corrected chi connectivity index (χ0v) is 34.1. The molecule has 3 N–H and O–H groups in total. The molecular weight excluding hydrogens is 804 g/mol. The van der Waals surface area contributed by atoms with Crippen LogP contribution in [0.1, 0.15) is 6.42 Å². The summed E-state index contributed by atoms with van der Waals surface area (Å²) in [5.41, 5.74) is 0. The van der Waals surface area contributed by atoms with Crippen molar-refractivity contribution in [2.24, 2.45) is 0 Å². The number of methoxy groups -OCH3 is 2. The lowest BCUT2D eigenvalue weighted by molar-refractivity contribution is -0.361. The molecule has 8 aliphatic rings. The van der Waals surface area contributed by atoms with Crippen molar-refractivity contribution in [2.75, 3.05) is 14.2 Å². The van der Waals surface area contributed by atoms with E-state index in [0.29, 0.717) is 0 Å². The van der Waals surface area contributed by atoms with Crippen molar-refractivity contribution in [3.05, 3.63) is 0 Å². The summed E-state index contributed by atoms with van der Waals surface area (Å²) in [5.74, 6) is -3.37. The lowest BCUT2D eigenvalue weighted by Gasteiger charge is -2.48. The van der Waals surface area contributed by atoms with E-state index in [1.54, 1.807) is 0 Å². The van der Waals surface area contributed by atoms with Crippen LogP contribution in [0.4, 0.5) is 0 Å². The van der Waals surface area contributed by atoms with Crippen LogP contribution in [-0.4, -0.2) is 234 Å². The van der Waals surface area contributed by atoms with E-state index in [-0.39, 0.29) is 6.42 Å². The summed E-state index contributed by atoms with van der Waals surface area (Å²) < 4.78 is 95.8. The highest BCUT2D eigenvalue weighted by molar-refractivity contribution is 6.24. The highest BCUT2D eigenvalue weighted by Gasteiger charge is 2.60. The van der Waals surface area contributed by atoms with Crippen LogP contribution < -0.4 is 0 Å². The van der Waals surface area contributed by atoms with Crippen LogP contribution in [0.5, 0.6) is 0 Å². The standard InChI is InChI=1S/C26H34O24.4Al.4H/c1-42-13-6(28)10(32)26(49-17(13)21(36)37)47-15-8(30)11(33)25(50-19(15)23(40)41)46-12-4(27)3-5(45-16(12)20(34)35)44-14-7(29)9(31)24(43-2)48-18(14)22(38)39;;;;;;;;/h4-19,24-26,31-33H,3H2,1-2H3,(H,34,35)(H,36,37)(H,38,39)(H,40,41);;;;;;;;/q-4;4*+2;;;;/p-4/t4-,5-,6-,7?,8?,9?,10?,11?,12+,13+,14-,15-,16?,17?,18+,19+,24+,25+,26-;;;;;;;;/m0......../s1. The fraction of sp³-hybridized carbons (Fsp3) is 0.846. The molecular formula is C26H34Al4O24. The van der Waals surface area contributed by atoms with Crippen molar-refractivity contribution < 1.29 is 107 Å².